The third kappa shape index (κ3) is 2.18. The van der Waals surface area contributed by atoms with Crippen LogP contribution >= 0.6 is 0 Å². The van der Waals surface area contributed by atoms with Crippen molar-refractivity contribution in [2.45, 2.75) is 18.4 Å². The van der Waals surface area contributed by atoms with Gasteiger partial charge < -0.3 is 4.74 Å². The van der Waals surface area contributed by atoms with Crippen molar-refractivity contribution in [2.24, 2.45) is 10.9 Å². The van der Waals surface area contributed by atoms with Crippen LogP contribution in [-0.4, -0.2) is 47.7 Å². The minimum absolute atomic E-state index is 0.102. The molecular formula is C18H20N4O. The van der Waals surface area contributed by atoms with E-state index in [1.807, 2.05) is 24.4 Å². The van der Waals surface area contributed by atoms with E-state index in [1.54, 1.807) is 0 Å². The molecule has 118 valence electrons. The number of nitrogens with zero attached hydrogens (tertiary/aromatic N) is 3. The van der Waals surface area contributed by atoms with Gasteiger partial charge in [-0.3, -0.25) is 10.2 Å². The second-order valence-corrected chi connectivity index (χ2v) is 6.88. The lowest BCUT2D eigenvalue weighted by Gasteiger charge is -2.50. The lowest BCUT2D eigenvalue weighted by molar-refractivity contribution is -0.0829. The van der Waals surface area contributed by atoms with Crippen LogP contribution in [0.4, 0.5) is 5.82 Å². The Morgan fingerprint density at radius 1 is 1.17 bits per heavy atom. The van der Waals surface area contributed by atoms with Crippen LogP contribution < -0.4 is 5.32 Å². The summed E-state index contributed by atoms with van der Waals surface area (Å²) in [5.41, 5.74) is -0.102. The van der Waals surface area contributed by atoms with Gasteiger partial charge in [-0.1, -0.05) is 24.3 Å². The summed E-state index contributed by atoms with van der Waals surface area (Å²) in [6, 6.07) is 10.9. The molecule has 23 heavy (non-hydrogen) atoms. The Hall–Kier alpha value is -2.14. The normalized spacial score (nSPS) is 32.1. The van der Waals surface area contributed by atoms with Crippen LogP contribution in [0, 0.1) is 5.92 Å². The van der Waals surface area contributed by atoms with E-state index < -0.39 is 0 Å². The number of amidine groups is 1. The molecule has 1 aromatic heterocycles. The highest BCUT2D eigenvalue weighted by Gasteiger charge is 2.51. The lowest BCUT2D eigenvalue weighted by Crippen LogP contribution is -2.61. The Morgan fingerprint density at radius 2 is 2.00 bits per heavy atom. The van der Waals surface area contributed by atoms with Crippen molar-refractivity contribution >= 4 is 22.6 Å². The Morgan fingerprint density at radius 3 is 2.78 bits per heavy atom. The summed E-state index contributed by atoms with van der Waals surface area (Å²) in [7, 11) is 0. The molecule has 1 atom stereocenters. The molecule has 0 unspecified atom stereocenters. The number of aromatic nitrogens is 1. The van der Waals surface area contributed by atoms with Crippen molar-refractivity contribution in [3.63, 3.8) is 0 Å². The Balaban J connectivity index is 1.35. The highest BCUT2D eigenvalue weighted by atomic mass is 16.5. The van der Waals surface area contributed by atoms with Crippen molar-refractivity contribution in [3.05, 3.63) is 36.5 Å². The van der Waals surface area contributed by atoms with Gasteiger partial charge in [-0.2, -0.15) is 0 Å². The van der Waals surface area contributed by atoms with E-state index in [-0.39, 0.29) is 5.60 Å². The predicted octanol–water partition coefficient (Wildman–Crippen LogP) is 2.50. The molecule has 1 spiro atoms. The topological polar surface area (TPSA) is 49.8 Å². The quantitative estimate of drug-likeness (QED) is 0.879. The average Bonchev–Trinajstić information content (AvgIpc) is 2.98. The maximum atomic E-state index is 6.30. The van der Waals surface area contributed by atoms with Crippen molar-refractivity contribution in [1.29, 1.82) is 0 Å². The molecule has 0 saturated carbocycles. The molecule has 2 aromatic rings. The van der Waals surface area contributed by atoms with E-state index in [0.717, 1.165) is 24.3 Å². The molecule has 0 aliphatic carbocycles. The van der Waals surface area contributed by atoms with Crippen LogP contribution in [0.1, 0.15) is 12.8 Å². The summed E-state index contributed by atoms with van der Waals surface area (Å²) in [6.07, 6.45) is 4.35. The minimum Gasteiger partial charge on any atom is -0.455 e. The molecule has 5 nitrogen and oxygen atoms in total. The van der Waals surface area contributed by atoms with Crippen LogP contribution in [0.15, 0.2) is 41.5 Å². The van der Waals surface area contributed by atoms with Gasteiger partial charge in [-0.25, -0.2) is 9.98 Å². The van der Waals surface area contributed by atoms with Gasteiger partial charge in [0.15, 0.2) is 0 Å². The van der Waals surface area contributed by atoms with Gasteiger partial charge in [0.1, 0.15) is 11.4 Å². The van der Waals surface area contributed by atoms with Gasteiger partial charge in [0, 0.05) is 24.0 Å². The second-order valence-electron chi connectivity index (χ2n) is 6.88. The van der Waals surface area contributed by atoms with Crippen molar-refractivity contribution < 1.29 is 4.74 Å². The van der Waals surface area contributed by atoms with Crippen LogP contribution in [-0.2, 0) is 4.74 Å². The van der Waals surface area contributed by atoms with E-state index in [4.69, 9.17) is 4.74 Å². The zero-order valence-electron chi connectivity index (χ0n) is 13.0. The van der Waals surface area contributed by atoms with Crippen molar-refractivity contribution in [2.75, 3.05) is 31.5 Å². The number of pyridine rings is 1. The molecule has 4 aliphatic heterocycles. The minimum atomic E-state index is -0.102. The summed E-state index contributed by atoms with van der Waals surface area (Å²) in [5.74, 6) is 1.43. The first-order valence-corrected chi connectivity index (χ1v) is 8.38. The van der Waals surface area contributed by atoms with Crippen molar-refractivity contribution in [1.82, 2.24) is 9.88 Å². The fourth-order valence-electron chi connectivity index (χ4n) is 4.21. The van der Waals surface area contributed by atoms with Gasteiger partial charge in [0.25, 0.3) is 6.02 Å². The Kier molecular flexibility index (Phi) is 2.85. The van der Waals surface area contributed by atoms with Crippen LogP contribution in [0.5, 0.6) is 0 Å². The predicted molar refractivity (Wildman–Crippen MR) is 90.6 cm³/mol. The number of anilines is 1. The molecule has 5 heterocycles. The average molecular weight is 308 g/mol. The highest BCUT2D eigenvalue weighted by Crippen LogP contribution is 2.40. The van der Waals surface area contributed by atoms with E-state index >= 15 is 0 Å². The Labute approximate surface area is 135 Å². The van der Waals surface area contributed by atoms with E-state index in [0.29, 0.717) is 11.9 Å². The first-order valence-electron chi connectivity index (χ1n) is 8.38. The van der Waals surface area contributed by atoms with Crippen LogP contribution in [0.25, 0.3) is 10.8 Å². The SMILES string of the molecule is c1ccc2cc(NC3=NC[C@]4(CN5CCC4CC5)O3)ncc2c1. The molecule has 3 fully saturated rings. The molecule has 0 radical (unpaired) electrons. The summed E-state index contributed by atoms with van der Waals surface area (Å²) in [5, 5.41) is 5.57. The molecule has 0 amide bonds. The van der Waals surface area contributed by atoms with Crippen molar-refractivity contribution in [3.8, 4) is 0 Å². The fourth-order valence-corrected chi connectivity index (χ4v) is 4.21. The molecule has 3 saturated heterocycles. The zero-order valence-corrected chi connectivity index (χ0v) is 13.0. The molecule has 1 N–H and O–H groups in total. The summed E-state index contributed by atoms with van der Waals surface area (Å²) >= 11 is 0. The highest BCUT2D eigenvalue weighted by molar-refractivity contribution is 5.92. The lowest BCUT2D eigenvalue weighted by atomic mass is 9.75. The number of hydrogen-bond acceptors (Lipinski definition) is 5. The zero-order chi connectivity index (χ0) is 15.3. The fraction of sp³-hybridized carbons (Fsp3) is 0.444. The summed E-state index contributed by atoms with van der Waals surface area (Å²) in [6.45, 7) is 4.21. The van der Waals surface area contributed by atoms with Gasteiger partial charge >= 0.3 is 0 Å². The summed E-state index contributed by atoms with van der Waals surface area (Å²) in [4.78, 5) is 11.6. The molecule has 6 rings (SSSR count). The number of rotatable bonds is 1. The Bertz CT molecular complexity index is 781. The third-order valence-corrected chi connectivity index (χ3v) is 5.48. The van der Waals surface area contributed by atoms with Crippen LogP contribution in [0.2, 0.25) is 0 Å². The van der Waals surface area contributed by atoms with Gasteiger partial charge in [0.2, 0.25) is 0 Å². The first kappa shape index (κ1) is 13.3. The first-order chi connectivity index (χ1) is 11.3. The van der Waals surface area contributed by atoms with Gasteiger partial charge in [-0.05, 0) is 37.4 Å². The monoisotopic (exact) mass is 308 g/mol. The number of aliphatic imine (C=N–C) groups is 1. The van der Waals surface area contributed by atoms with Crippen LogP contribution in [0.3, 0.4) is 0 Å². The summed E-state index contributed by atoms with van der Waals surface area (Å²) < 4.78 is 6.30. The molecule has 4 aliphatic rings. The number of piperidine rings is 3. The van der Waals surface area contributed by atoms with E-state index in [9.17, 15) is 0 Å². The molecule has 1 aromatic carbocycles. The number of nitrogens with one attached hydrogen (secondary N) is 1. The maximum Gasteiger partial charge on any atom is 0.291 e. The van der Waals surface area contributed by atoms with E-state index in [1.165, 1.54) is 31.3 Å². The third-order valence-electron chi connectivity index (χ3n) is 5.48. The smallest absolute Gasteiger partial charge is 0.291 e. The molecular weight excluding hydrogens is 288 g/mol. The standard InChI is InChI=1S/C18H20N4O/c1-2-4-14-10-19-16(9-13(14)3-1)21-17-20-11-18(23-17)12-22-7-5-15(18)6-8-22/h1-4,9-10,15H,5-8,11-12H2,(H,19,20,21)/t18-/m1/s1. The molecule has 5 heteroatoms. The van der Waals surface area contributed by atoms with E-state index in [2.05, 4.69) is 32.3 Å². The number of ether oxygens (including phenoxy) is 1. The number of benzene rings is 1. The molecule has 2 bridgehead atoms. The van der Waals surface area contributed by atoms with Gasteiger partial charge in [0.05, 0.1) is 6.54 Å². The maximum absolute atomic E-state index is 6.30. The number of hydrogen-bond donors (Lipinski definition) is 1. The number of fused-ring (bicyclic) bond motifs is 3. The second kappa shape index (κ2) is 4.93. The van der Waals surface area contributed by atoms with Gasteiger partial charge in [-0.15, -0.1) is 0 Å². The largest absolute Gasteiger partial charge is 0.455 e.